The van der Waals surface area contributed by atoms with Gasteiger partial charge in [-0.05, 0) is 12.1 Å². The number of imidazole rings is 1. The topological polar surface area (TPSA) is 85.0 Å². The van der Waals surface area contributed by atoms with Crippen LogP contribution in [0.2, 0.25) is 0 Å². The van der Waals surface area contributed by atoms with Crippen LogP contribution in [0, 0.1) is 0 Å². The van der Waals surface area contributed by atoms with Gasteiger partial charge in [0.25, 0.3) is 5.56 Å². The third kappa shape index (κ3) is 2.50. The van der Waals surface area contributed by atoms with Crippen LogP contribution in [0.25, 0.3) is 22.1 Å². The zero-order valence-electron chi connectivity index (χ0n) is 15.8. The van der Waals surface area contributed by atoms with Crippen LogP contribution in [0.5, 0.6) is 0 Å². The van der Waals surface area contributed by atoms with Crippen LogP contribution in [-0.4, -0.2) is 55.2 Å². The summed E-state index contributed by atoms with van der Waals surface area (Å²) in [5, 5.41) is 0.644. The minimum absolute atomic E-state index is 0.0194. The first-order valence-electron chi connectivity index (χ1n) is 9.21. The SMILES string of the molecule is Cn1c(N2CCN(c3ncnc4c3ncn4C)CC2)nc2ccccc2c1=O. The van der Waals surface area contributed by atoms with Gasteiger partial charge >= 0.3 is 0 Å². The second kappa shape index (κ2) is 6.29. The normalized spacial score (nSPS) is 14.9. The number of anilines is 2. The van der Waals surface area contributed by atoms with Crippen LogP contribution in [0.4, 0.5) is 11.8 Å². The molecule has 1 aromatic carbocycles. The largest absolute Gasteiger partial charge is 0.351 e. The highest BCUT2D eigenvalue weighted by Crippen LogP contribution is 2.23. The highest BCUT2D eigenvalue weighted by Gasteiger charge is 2.24. The second-order valence-corrected chi connectivity index (χ2v) is 6.99. The average molecular weight is 376 g/mol. The lowest BCUT2D eigenvalue weighted by molar-refractivity contribution is 0.619. The summed E-state index contributed by atoms with van der Waals surface area (Å²) in [5.41, 5.74) is 2.35. The Morgan fingerprint density at radius 1 is 0.929 bits per heavy atom. The van der Waals surface area contributed by atoms with Gasteiger partial charge in [0.1, 0.15) is 6.33 Å². The molecule has 142 valence electrons. The summed E-state index contributed by atoms with van der Waals surface area (Å²) in [4.78, 5) is 35.0. The molecule has 4 heterocycles. The monoisotopic (exact) mass is 376 g/mol. The van der Waals surface area contributed by atoms with Crippen molar-refractivity contribution in [3.63, 3.8) is 0 Å². The van der Waals surface area contributed by atoms with Gasteiger partial charge in [0, 0.05) is 40.3 Å². The van der Waals surface area contributed by atoms with E-state index in [1.165, 1.54) is 0 Å². The number of fused-ring (bicyclic) bond motifs is 2. The summed E-state index contributed by atoms with van der Waals surface area (Å²) in [6.07, 6.45) is 3.34. The minimum Gasteiger partial charge on any atom is -0.351 e. The fourth-order valence-electron chi connectivity index (χ4n) is 3.77. The number of piperazine rings is 1. The molecule has 0 saturated carbocycles. The number of hydrogen-bond donors (Lipinski definition) is 0. The van der Waals surface area contributed by atoms with E-state index in [2.05, 4.69) is 24.8 Å². The van der Waals surface area contributed by atoms with E-state index in [0.29, 0.717) is 11.3 Å². The summed E-state index contributed by atoms with van der Waals surface area (Å²) in [6, 6.07) is 7.47. The van der Waals surface area contributed by atoms with Crippen molar-refractivity contribution in [1.29, 1.82) is 0 Å². The van der Waals surface area contributed by atoms with Crippen LogP contribution in [0.1, 0.15) is 0 Å². The van der Waals surface area contributed by atoms with Crippen molar-refractivity contribution in [2.75, 3.05) is 36.0 Å². The zero-order valence-corrected chi connectivity index (χ0v) is 15.8. The molecule has 0 N–H and O–H groups in total. The third-order valence-corrected chi connectivity index (χ3v) is 5.30. The highest BCUT2D eigenvalue weighted by atomic mass is 16.1. The summed E-state index contributed by atoms with van der Waals surface area (Å²) in [7, 11) is 3.71. The molecule has 4 aromatic rings. The Morgan fingerprint density at radius 3 is 2.50 bits per heavy atom. The molecule has 1 saturated heterocycles. The molecule has 0 aliphatic carbocycles. The van der Waals surface area contributed by atoms with Gasteiger partial charge in [0.2, 0.25) is 5.95 Å². The molecule has 9 heteroatoms. The van der Waals surface area contributed by atoms with E-state index >= 15 is 0 Å². The molecule has 0 unspecified atom stereocenters. The standard InChI is InChI=1S/C19H20N8O/c1-24-12-22-15-16(24)20-11-21-17(15)26-7-9-27(10-8-26)19-23-14-6-4-3-5-13(14)18(28)25(19)2/h3-6,11-12H,7-10H2,1-2H3. The molecule has 0 amide bonds. The van der Waals surface area contributed by atoms with Gasteiger partial charge < -0.3 is 14.4 Å². The van der Waals surface area contributed by atoms with Crippen molar-refractivity contribution in [2.45, 2.75) is 0 Å². The van der Waals surface area contributed by atoms with Crippen LogP contribution < -0.4 is 15.4 Å². The lowest BCUT2D eigenvalue weighted by Gasteiger charge is -2.36. The Bertz CT molecular complexity index is 1240. The van der Waals surface area contributed by atoms with Crippen molar-refractivity contribution >= 4 is 33.8 Å². The number of nitrogens with zero attached hydrogens (tertiary/aromatic N) is 8. The van der Waals surface area contributed by atoms with Crippen molar-refractivity contribution in [3.8, 4) is 0 Å². The first-order chi connectivity index (χ1) is 13.6. The summed E-state index contributed by atoms with van der Waals surface area (Å²) < 4.78 is 3.53. The Labute approximate surface area is 160 Å². The summed E-state index contributed by atoms with van der Waals surface area (Å²) >= 11 is 0. The van der Waals surface area contributed by atoms with E-state index in [1.54, 1.807) is 24.3 Å². The van der Waals surface area contributed by atoms with Crippen molar-refractivity contribution in [1.82, 2.24) is 29.1 Å². The van der Waals surface area contributed by atoms with Crippen LogP contribution in [-0.2, 0) is 14.1 Å². The maximum Gasteiger partial charge on any atom is 0.262 e. The number of aryl methyl sites for hydroxylation is 1. The van der Waals surface area contributed by atoms with E-state index in [1.807, 2.05) is 35.9 Å². The van der Waals surface area contributed by atoms with Crippen LogP contribution in [0.3, 0.4) is 0 Å². The molecule has 9 nitrogen and oxygen atoms in total. The van der Waals surface area contributed by atoms with Crippen molar-refractivity contribution in [2.24, 2.45) is 14.1 Å². The molecule has 1 aliphatic heterocycles. The van der Waals surface area contributed by atoms with Gasteiger partial charge in [0.05, 0.1) is 17.2 Å². The fourth-order valence-corrected chi connectivity index (χ4v) is 3.77. The van der Waals surface area contributed by atoms with Crippen molar-refractivity contribution < 1.29 is 0 Å². The lowest BCUT2D eigenvalue weighted by atomic mass is 10.2. The number of para-hydroxylation sites is 1. The highest BCUT2D eigenvalue weighted by molar-refractivity contribution is 5.83. The molecule has 0 bridgehead atoms. The van der Waals surface area contributed by atoms with Gasteiger partial charge in [-0.2, -0.15) is 0 Å². The predicted molar refractivity (Wildman–Crippen MR) is 108 cm³/mol. The maximum absolute atomic E-state index is 12.7. The van der Waals surface area contributed by atoms with Gasteiger partial charge in [-0.15, -0.1) is 0 Å². The average Bonchev–Trinajstić information content (AvgIpc) is 3.12. The van der Waals surface area contributed by atoms with Crippen LogP contribution >= 0.6 is 0 Å². The van der Waals surface area contributed by atoms with E-state index in [0.717, 1.165) is 48.7 Å². The molecule has 0 spiro atoms. The Kier molecular flexibility index (Phi) is 3.75. The van der Waals surface area contributed by atoms with E-state index < -0.39 is 0 Å². The van der Waals surface area contributed by atoms with E-state index in [-0.39, 0.29) is 5.56 Å². The van der Waals surface area contributed by atoms with E-state index in [4.69, 9.17) is 4.98 Å². The van der Waals surface area contributed by atoms with Gasteiger partial charge in [-0.25, -0.2) is 19.9 Å². The molecular formula is C19H20N8O. The molecule has 0 radical (unpaired) electrons. The summed E-state index contributed by atoms with van der Waals surface area (Å²) in [6.45, 7) is 3.03. The number of benzene rings is 1. The number of aromatic nitrogens is 6. The zero-order chi connectivity index (χ0) is 19.3. The van der Waals surface area contributed by atoms with Gasteiger partial charge in [-0.1, -0.05) is 12.1 Å². The molecule has 5 rings (SSSR count). The molecule has 0 atom stereocenters. The number of hydrogen-bond acceptors (Lipinski definition) is 7. The first kappa shape index (κ1) is 16.7. The molecular weight excluding hydrogens is 356 g/mol. The fraction of sp³-hybridized carbons (Fsp3) is 0.316. The Balaban J connectivity index is 1.44. The Hall–Kier alpha value is -3.49. The first-order valence-corrected chi connectivity index (χ1v) is 9.21. The maximum atomic E-state index is 12.7. The smallest absolute Gasteiger partial charge is 0.262 e. The van der Waals surface area contributed by atoms with Gasteiger partial charge in [-0.3, -0.25) is 9.36 Å². The lowest BCUT2D eigenvalue weighted by Crippen LogP contribution is -2.48. The predicted octanol–water partition coefficient (Wildman–Crippen LogP) is 0.937. The second-order valence-electron chi connectivity index (χ2n) is 6.99. The molecule has 1 aliphatic rings. The quantitative estimate of drug-likeness (QED) is 0.515. The molecule has 1 fully saturated rings. The number of rotatable bonds is 2. The van der Waals surface area contributed by atoms with Gasteiger partial charge in [0.15, 0.2) is 17.0 Å². The van der Waals surface area contributed by atoms with Crippen molar-refractivity contribution in [3.05, 3.63) is 47.3 Å². The van der Waals surface area contributed by atoms with Crippen LogP contribution in [0.15, 0.2) is 41.7 Å². The Morgan fingerprint density at radius 2 is 1.68 bits per heavy atom. The molecule has 28 heavy (non-hydrogen) atoms. The third-order valence-electron chi connectivity index (χ3n) is 5.30. The molecule has 3 aromatic heterocycles. The van der Waals surface area contributed by atoms with E-state index in [9.17, 15) is 4.79 Å². The minimum atomic E-state index is -0.0194. The summed E-state index contributed by atoms with van der Waals surface area (Å²) in [5.74, 6) is 1.56.